The third kappa shape index (κ3) is 4.64. The van der Waals surface area contributed by atoms with Crippen LogP contribution in [-0.2, 0) is 36.3 Å². The monoisotopic (exact) mass is 626 g/mol. The van der Waals surface area contributed by atoms with Gasteiger partial charge >= 0.3 is 5.97 Å². The standard InChI is InChI=1S/C28H24Cl2N6O5S/c1-28(10-17-3-5-18(6-4-17)19-11-31-16-32-12-19)26(38)35(23-8-21(29)7-22(30)9-23)27-33-13-24(36(27)28)42(39,40)34-14-20(15-34)25(37)41-2/h3-9,11-13,16,20H,10,14-15H2,1-2H3/t28-/m1/s1. The van der Waals surface area contributed by atoms with E-state index in [-0.39, 0.29) is 30.5 Å². The summed E-state index contributed by atoms with van der Waals surface area (Å²) in [5.41, 5.74) is 1.47. The molecule has 0 radical (unpaired) electrons. The number of hydrogen-bond donors (Lipinski definition) is 0. The Hall–Kier alpha value is -3.84. The molecule has 0 N–H and O–H groups in total. The van der Waals surface area contributed by atoms with Crippen LogP contribution >= 0.6 is 23.2 Å². The van der Waals surface area contributed by atoms with E-state index in [0.29, 0.717) is 15.7 Å². The number of benzene rings is 2. The number of carbonyl (C=O) groups is 2. The van der Waals surface area contributed by atoms with E-state index in [1.807, 2.05) is 24.3 Å². The second-order valence-corrected chi connectivity index (χ2v) is 13.1. The zero-order valence-corrected chi connectivity index (χ0v) is 24.8. The number of fused-ring (bicyclic) bond motifs is 1. The third-order valence-electron chi connectivity index (χ3n) is 7.56. The van der Waals surface area contributed by atoms with Gasteiger partial charge in [0, 0.05) is 47.5 Å². The lowest BCUT2D eigenvalue weighted by atomic mass is 9.91. The molecule has 2 aromatic heterocycles. The van der Waals surface area contributed by atoms with Crippen LogP contribution in [0.1, 0.15) is 12.5 Å². The Morgan fingerprint density at radius 1 is 1.02 bits per heavy atom. The van der Waals surface area contributed by atoms with E-state index in [1.165, 1.54) is 39.5 Å². The molecule has 2 aromatic carbocycles. The molecule has 1 amide bonds. The molecule has 216 valence electrons. The predicted octanol–water partition coefficient (Wildman–Crippen LogP) is 4.08. The summed E-state index contributed by atoms with van der Waals surface area (Å²) in [6.07, 6.45) is 6.24. The number of sulfonamides is 1. The van der Waals surface area contributed by atoms with Crippen molar-refractivity contribution in [2.75, 3.05) is 25.1 Å². The van der Waals surface area contributed by atoms with E-state index < -0.39 is 33.4 Å². The molecular formula is C28H24Cl2N6O5S. The Bertz CT molecular complexity index is 1790. The number of methoxy groups -OCH3 is 1. The number of hydrogen-bond acceptors (Lipinski definition) is 8. The van der Waals surface area contributed by atoms with Crippen molar-refractivity contribution in [3.63, 3.8) is 0 Å². The maximum Gasteiger partial charge on any atom is 0.311 e. The summed E-state index contributed by atoms with van der Waals surface area (Å²) in [6, 6.07) is 12.2. The average molecular weight is 628 g/mol. The van der Waals surface area contributed by atoms with Crippen LogP contribution in [0.4, 0.5) is 11.6 Å². The zero-order chi connectivity index (χ0) is 29.8. The first-order valence-corrected chi connectivity index (χ1v) is 15.0. The molecule has 11 nitrogen and oxygen atoms in total. The Morgan fingerprint density at radius 3 is 2.29 bits per heavy atom. The fraction of sp³-hybridized carbons (Fsp3) is 0.250. The summed E-state index contributed by atoms with van der Waals surface area (Å²) >= 11 is 12.5. The van der Waals surface area contributed by atoms with E-state index in [9.17, 15) is 18.0 Å². The van der Waals surface area contributed by atoms with Crippen molar-refractivity contribution in [2.45, 2.75) is 23.9 Å². The molecule has 1 fully saturated rings. The fourth-order valence-corrected chi connectivity index (χ4v) is 7.59. The second-order valence-electron chi connectivity index (χ2n) is 10.3. The van der Waals surface area contributed by atoms with Gasteiger partial charge in [0.15, 0.2) is 5.03 Å². The lowest BCUT2D eigenvalue weighted by Crippen LogP contribution is -2.54. The van der Waals surface area contributed by atoms with Gasteiger partial charge in [-0.2, -0.15) is 4.31 Å². The van der Waals surface area contributed by atoms with E-state index in [2.05, 4.69) is 15.0 Å². The van der Waals surface area contributed by atoms with Crippen molar-refractivity contribution in [3.05, 3.63) is 83.0 Å². The van der Waals surface area contributed by atoms with Gasteiger partial charge in [-0.15, -0.1) is 0 Å². The van der Waals surface area contributed by atoms with E-state index in [0.717, 1.165) is 16.7 Å². The number of nitrogens with zero attached hydrogens (tertiary/aromatic N) is 6. The first-order valence-electron chi connectivity index (χ1n) is 12.8. The molecule has 2 aliphatic heterocycles. The number of amides is 1. The highest BCUT2D eigenvalue weighted by atomic mass is 35.5. The highest BCUT2D eigenvalue weighted by Gasteiger charge is 2.53. The minimum atomic E-state index is -4.13. The number of ether oxygens (including phenoxy) is 1. The van der Waals surface area contributed by atoms with Gasteiger partial charge in [-0.3, -0.25) is 14.2 Å². The SMILES string of the molecule is COC(=O)C1CN(S(=O)(=O)c2cnc3n2[C@](C)(Cc2ccc(-c4cncnc4)cc2)C(=O)N3c2cc(Cl)cc(Cl)c2)C1. The Balaban J connectivity index is 1.42. The lowest BCUT2D eigenvalue weighted by molar-refractivity contribution is -0.149. The first kappa shape index (κ1) is 28.3. The number of halogens is 2. The largest absolute Gasteiger partial charge is 0.469 e. The van der Waals surface area contributed by atoms with Crippen molar-refractivity contribution >= 4 is 56.7 Å². The number of imidazole rings is 1. The molecule has 0 spiro atoms. The van der Waals surface area contributed by atoms with Crippen molar-refractivity contribution in [2.24, 2.45) is 5.92 Å². The van der Waals surface area contributed by atoms with Gasteiger partial charge < -0.3 is 4.74 Å². The molecule has 1 saturated heterocycles. The van der Waals surface area contributed by atoms with E-state index in [1.54, 1.807) is 31.5 Å². The van der Waals surface area contributed by atoms with E-state index in [4.69, 9.17) is 27.9 Å². The molecule has 4 aromatic rings. The predicted molar refractivity (Wildman–Crippen MR) is 155 cm³/mol. The van der Waals surface area contributed by atoms with Crippen LogP contribution in [0.2, 0.25) is 10.0 Å². The summed E-state index contributed by atoms with van der Waals surface area (Å²) in [5, 5.41) is 0.449. The Morgan fingerprint density at radius 2 is 1.67 bits per heavy atom. The van der Waals surface area contributed by atoms with Crippen LogP contribution in [0.25, 0.3) is 11.1 Å². The molecule has 6 rings (SSSR count). The molecular weight excluding hydrogens is 603 g/mol. The number of aromatic nitrogens is 4. The summed E-state index contributed by atoms with van der Waals surface area (Å²) in [6.45, 7) is 1.62. The average Bonchev–Trinajstić information content (AvgIpc) is 3.46. The fourth-order valence-electron chi connectivity index (χ4n) is 5.36. The summed E-state index contributed by atoms with van der Waals surface area (Å²) in [4.78, 5) is 40.0. The van der Waals surface area contributed by atoms with Crippen molar-refractivity contribution in [3.8, 4) is 11.1 Å². The molecule has 14 heteroatoms. The Labute approximate surface area is 251 Å². The van der Waals surface area contributed by atoms with Crippen LogP contribution in [-0.4, -0.2) is 64.3 Å². The third-order valence-corrected chi connectivity index (χ3v) is 9.79. The molecule has 0 bridgehead atoms. The van der Waals surface area contributed by atoms with Crippen LogP contribution in [0, 0.1) is 5.92 Å². The number of anilines is 2. The minimum Gasteiger partial charge on any atom is -0.469 e. The molecule has 42 heavy (non-hydrogen) atoms. The molecule has 4 heterocycles. The molecule has 0 saturated carbocycles. The topological polar surface area (TPSA) is 128 Å². The molecule has 0 aliphatic carbocycles. The zero-order valence-electron chi connectivity index (χ0n) is 22.4. The van der Waals surface area contributed by atoms with Crippen LogP contribution in [0.15, 0.2) is 72.4 Å². The highest BCUT2D eigenvalue weighted by molar-refractivity contribution is 7.89. The lowest BCUT2D eigenvalue weighted by Gasteiger charge is -2.36. The van der Waals surface area contributed by atoms with Gasteiger partial charge in [-0.25, -0.2) is 28.3 Å². The number of esters is 1. The van der Waals surface area contributed by atoms with Crippen molar-refractivity contribution in [1.82, 2.24) is 23.8 Å². The maximum atomic E-state index is 14.3. The Kier molecular flexibility index (Phi) is 7.04. The normalized spacial score (nSPS) is 19.0. The summed E-state index contributed by atoms with van der Waals surface area (Å²) in [5.74, 6) is -1.33. The maximum absolute atomic E-state index is 14.3. The van der Waals surface area contributed by atoms with Gasteiger partial charge in [-0.1, -0.05) is 47.5 Å². The first-order chi connectivity index (χ1) is 20.0. The molecule has 0 unspecified atom stereocenters. The second kappa shape index (κ2) is 10.5. The quantitative estimate of drug-likeness (QED) is 0.281. The highest BCUT2D eigenvalue weighted by Crippen LogP contribution is 2.45. The van der Waals surface area contributed by atoms with E-state index >= 15 is 0 Å². The van der Waals surface area contributed by atoms with Crippen LogP contribution in [0.5, 0.6) is 0 Å². The molecule has 2 aliphatic rings. The van der Waals surface area contributed by atoms with Gasteiger partial charge in [-0.05, 0) is 36.2 Å². The van der Waals surface area contributed by atoms with Gasteiger partial charge in [0.05, 0.1) is 24.9 Å². The number of carbonyl (C=O) groups excluding carboxylic acids is 2. The van der Waals surface area contributed by atoms with Gasteiger partial charge in [0.1, 0.15) is 11.9 Å². The van der Waals surface area contributed by atoms with Crippen LogP contribution in [0.3, 0.4) is 0 Å². The summed E-state index contributed by atoms with van der Waals surface area (Å²) in [7, 11) is -2.87. The van der Waals surface area contributed by atoms with Crippen molar-refractivity contribution in [1.29, 1.82) is 0 Å². The van der Waals surface area contributed by atoms with Crippen LogP contribution < -0.4 is 4.90 Å². The molecule has 1 atom stereocenters. The summed E-state index contributed by atoms with van der Waals surface area (Å²) < 4.78 is 35.0. The van der Waals surface area contributed by atoms with Gasteiger partial charge in [0.2, 0.25) is 5.95 Å². The van der Waals surface area contributed by atoms with Gasteiger partial charge in [0.25, 0.3) is 15.9 Å². The smallest absolute Gasteiger partial charge is 0.311 e. The number of rotatable bonds is 7. The van der Waals surface area contributed by atoms with Crippen molar-refractivity contribution < 1.29 is 22.7 Å². The minimum absolute atomic E-state index is 0.0293.